The number of hydrogen-bond acceptors (Lipinski definition) is 6. The Hall–Kier alpha value is -1.29. The van der Waals surface area contributed by atoms with Gasteiger partial charge < -0.3 is 9.74 Å². The molecule has 1 amide bonds. The number of hydrogen-bond donors (Lipinski definition) is 3. The standard InChI is InChI=1S/C13H27N5O3Si/c1-13(2,3)22(4,5)21-9-7-14-6-8-18-10-15-11(16-18)12(19)17-20/h10,14,20H,6-9H2,1-5H3,(H,17,19). The smallest absolute Gasteiger partial charge is 0.314 e. The summed E-state index contributed by atoms with van der Waals surface area (Å²) in [5.41, 5.74) is 1.50. The summed E-state index contributed by atoms with van der Waals surface area (Å²) in [7, 11) is -1.68. The summed E-state index contributed by atoms with van der Waals surface area (Å²) in [6.07, 6.45) is 1.46. The van der Waals surface area contributed by atoms with Gasteiger partial charge in [-0.1, -0.05) is 20.8 Å². The molecule has 0 unspecified atom stereocenters. The second kappa shape index (κ2) is 7.81. The first-order valence-electron chi connectivity index (χ1n) is 7.36. The van der Waals surface area contributed by atoms with Crippen molar-refractivity contribution in [2.75, 3.05) is 19.7 Å². The van der Waals surface area contributed by atoms with Crippen LogP contribution in [0.3, 0.4) is 0 Å². The third-order valence-electron chi connectivity index (χ3n) is 3.91. The van der Waals surface area contributed by atoms with E-state index in [1.54, 1.807) is 4.68 Å². The van der Waals surface area contributed by atoms with Gasteiger partial charge in [-0.25, -0.2) is 10.5 Å². The van der Waals surface area contributed by atoms with Crippen LogP contribution in [0.5, 0.6) is 0 Å². The van der Waals surface area contributed by atoms with Crippen molar-refractivity contribution < 1.29 is 14.4 Å². The molecule has 0 aromatic carbocycles. The highest BCUT2D eigenvalue weighted by atomic mass is 28.4. The van der Waals surface area contributed by atoms with E-state index in [1.165, 1.54) is 11.8 Å². The molecule has 0 saturated heterocycles. The van der Waals surface area contributed by atoms with Gasteiger partial charge >= 0.3 is 5.91 Å². The van der Waals surface area contributed by atoms with Gasteiger partial charge in [0.05, 0.1) is 6.54 Å². The SMILES string of the molecule is CC(C)(C)[Si](C)(C)OCCNCCn1cnc(C(=O)NO)n1. The molecule has 0 fully saturated rings. The quantitative estimate of drug-likeness (QED) is 0.285. The summed E-state index contributed by atoms with van der Waals surface area (Å²) in [4.78, 5) is 14.9. The number of carbonyl (C=O) groups excluding carboxylic acids is 1. The molecule has 22 heavy (non-hydrogen) atoms. The van der Waals surface area contributed by atoms with Crippen molar-refractivity contribution in [1.82, 2.24) is 25.6 Å². The molecule has 0 saturated carbocycles. The largest absolute Gasteiger partial charge is 0.416 e. The minimum atomic E-state index is -1.68. The zero-order chi connectivity index (χ0) is 16.8. The fourth-order valence-corrected chi connectivity index (χ4v) is 2.52. The first-order chi connectivity index (χ1) is 10.2. The predicted molar refractivity (Wildman–Crippen MR) is 85.3 cm³/mol. The molecule has 0 aliphatic rings. The van der Waals surface area contributed by atoms with E-state index in [1.807, 2.05) is 0 Å². The molecule has 0 aliphatic heterocycles. The van der Waals surface area contributed by atoms with Crippen molar-refractivity contribution >= 4 is 14.2 Å². The number of nitrogens with zero attached hydrogens (tertiary/aromatic N) is 3. The number of hydroxylamine groups is 1. The van der Waals surface area contributed by atoms with Crippen molar-refractivity contribution in [3.8, 4) is 0 Å². The second-order valence-corrected chi connectivity index (χ2v) is 11.4. The monoisotopic (exact) mass is 329 g/mol. The molecule has 126 valence electrons. The van der Waals surface area contributed by atoms with Crippen LogP contribution in [0.2, 0.25) is 18.1 Å². The third kappa shape index (κ3) is 5.48. The maximum atomic E-state index is 11.1. The summed E-state index contributed by atoms with van der Waals surface area (Å²) < 4.78 is 7.61. The van der Waals surface area contributed by atoms with E-state index in [-0.39, 0.29) is 10.9 Å². The van der Waals surface area contributed by atoms with E-state index in [0.717, 1.165) is 6.54 Å². The summed E-state index contributed by atoms with van der Waals surface area (Å²) in [6, 6.07) is 0. The maximum absolute atomic E-state index is 11.1. The van der Waals surface area contributed by atoms with Crippen molar-refractivity contribution in [2.24, 2.45) is 0 Å². The highest BCUT2D eigenvalue weighted by Crippen LogP contribution is 2.36. The predicted octanol–water partition coefficient (Wildman–Crippen LogP) is 1.01. The zero-order valence-corrected chi connectivity index (χ0v) is 15.0. The normalized spacial score (nSPS) is 12.5. The summed E-state index contributed by atoms with van der Waals surface area (Å²) in [5.74, 6) is -0.766. The Morgan fingerprint density at radius 3 is 2.68 bits per heavy atom. The number of carbonyl (C=O) groups is 1. The lowest BCUT2D eigenvalue weighted by atomic mass is 10.2. The van der Waals surface area contributed by atoms with Crippen LogP contribution in [0, 0.1) is 0 Å². The third-order valence-corrected chi connectivity index (χ3v) is 8.44. The number of amides is 1. The molecular formula is C13H27N5O3Si. The van der Waals surface area contributed by atoms with Gasteiger partial charge in [0.15, 0.2) is 8.32 Å². The fourth-order valence-electron chi connectivity index (χ4n) is 1.47. The molecule has 0 aliphatic carbocycles. The van der Waals surface area contributed by atoms with Crippen LogP contribution in [0.25, 0.3) is 0 Å². The van der Waals surface area contributed by atoms with E-state index in [9.17, 15) is 4.79 Å². The molecule has 1 rings (SSSR count). The first kappa shape index (κ1) is 18.8. The van der Waals surface area contributed by atoms with Gasteiger partial charge in [0, 0.05) is 19.7 Å². The Balaban J connectivity index is 2.21. The lowest BCUT2D eigenvalue weighted by Gasteiger charge is -2.36. The summed E-state index contributed by atoms with van der Waals surface area (Å²) in [5, 5.41) is 15.9. The molecule has 0 bridgehead atoms. The average molecular weight is 329 g/mol. The fraction of sp³-hybridized carbons (Fsp3) is 0.769. The van der Waals surface area contributed by atoms with E-state index in [4.69, 9.17) is 9.63 Å². The Bertz CT molecular complexity index is 484. The van der Waals surface area contributed by atoms with Gasteiger partial charge in [0.2, 0.25) is 5.82 Å². The van der Waals surface area contributed by atoms with E-state index in [0.29, 0.717) is 19.7 Å². The zero-order valence-electron chi connectivity index (χ0n) is 14.0. The van der Waals surface area contributed by atoms with Crippen LogP contribution in [-0.4, -0.2) is 53.9 Å². The molecule has 1 aromatic heterocycles. The first-order valence-corrected chi connectivity index (χ1v) is 10.3. The Morgan fingerprint density at radius 1 is 1.41 bits per heavy atom. The summed E-state index contributed by atoms with van der Waals surface area (Å²) >= 11 is 0. The average Bonchev–Trinajstić information content (AvgIpc) is 2.89. The Kier molecular flexibility index (Phi) is 6.66. The molecule has 8 nitrogen and oxygen atoms in total. The van der Waals surface area contributed by atoms with Gasteiger partial charge in [-0.15, -0.1) is 5.10 Å². The second-order valence-electron chi connectivity index (χ2n) is 6.63. The molecule has 1 aromatic rings. The lowest BCUT2D eigenvalue weighted by Crippen LogP contribution is -2.42. The number of rotatable bonds is 8. The molecule has 1 heterocycles. The highest BCUT2D eigenvalue weighted by molar-refractivity contribution is 6.74. The Morgan fingerprint density at radius 2 is 2.09 bits per heavy atom. The van der Waals surface area contributed by atoms with Crippen LogP contribution in [0.1, 0.15) is 31.4 Å². The van der Waals surface area contributed by atoms with Crippen molar-refractivity contribution in [1.29, 1.82) is 0 Å². The van der Waals surface area contributed by atoms with Gasteiger partial charge in [0.25, 0.3) is 0 Å². The van der Waals surface area contributed by atoms with Crippen molar-refractivity contribution in [3.05, 3.63) is 12.2 Å². The topological polar surface area (TPSA) is 101 Å². The highest BCUT2D eigenvalue weighted by Gasteiger charge is 2.36. The molecule has 0 spiro atoms. The Labute approximate surface area is 132 Å². The van der Waals surface area contributed by atoms with Crippen LogP contribution in [0.4, 0.5) is 0 Å². The van der Waals surface area contributed by atoms with Crippen LogP contribution >= 0.6 is 0 Å². The van der Waals surface area contributed by atoms with Gasteiger partial charge in [-0.3, -0.25) is 14.7 Å². The van der Waals surface area contributed by atoms with Crippen molar-refractivity contribution in [3.63, 3.8) is 0 Å². The summed E-state index contributed by atoms with van der Waals surface area (Å²) in [6.45, 7) is 13.9. The van der Waals surface area contributed by atoms with Gasteiger partial charge in [-0.2, -0.15) is 0 Å². The van der Waals surface area contributed by atoms with Gasteiger partial charge in [0.1, 0.15) is 6.33 Å². The van der Waals surface area contributed by atoms with Crippen molar-refractivity contribution in [2.45, 2.75) is 45.4 Å². The molecule has 9 heteroatoms. The van der Waals surface area contributed by atoms with E-state index in [2.05, 4.69) is 49.3 Å². The van der Waals surface area contributed by atoms with Crippen LogP contribution in [-0.2, 0) is 11.0 Å². The minimum Gasteiger partial charge on any atom is -0.416 e. The van der Waals surface area contributed by atoms with Gasteiger partial charge in [-0.05, 0) is 18.1 Å². The van der Waals surface area contributed by atoms with Crippen LogP contribution in [0.15, 0.2) is 6.33 Å². The maximum Gasteiger partial charge on any atom is 0.314 e. The van der Waals surface area contributed by atoms with E-state index >= 15 is 0 Å². The minimum absolute atomic E-state index is 0.0521. The molecular weight excluding hydrogens is 302 g/mol. The van der Waals surface area contributed by atoms with Crippen LogP contribution < -0.4 is 10.8 Å². The lowest BCUT2D eigenvalue weighted by molar-refractivity contribution is 0.0694. The number of aromatic nitrogens is 3. The van der Waals surface area contributed by atoms with E-state index < -0.39 is 14.2 Å². The molecule has 3 N–H and O–H groups in total. The molecule has 0 radical (unpaired) electrons. The number of nitrogens with one attached hydrogen (secondary N) is 2. The molecule has 0 atom stereocenters.